The Morgan fingerprint density at radius 3 is 2.68 bits per heavy atom. The van der Waals surface area contributed by atoms with E-state index in [1.807, 2.05) is 6.92 Å². The molecule has 0 aromatic carbocycles. The van der Waals surface area contributed by atoms with Gasteiger partial charge in [0.05, 0.1) is 21.7 Å². The van der Waals surface area contributed by atoms with E-state index in [0.717, 1.165) is 31.4 Å². The highest BCUT2D eigenvalue weighted by Crippen LogP contribution is 2.32. The first-order valence-electron chi connectivity index (χ1n) is 6.47. The molecular formula is C13H19N3OS2. The van der Waals surface area contributed by atoms with Gasteiger partial charge in [0.1, 0.15) is 4.88 Å². The van der Waals surface area contributed by atoms with Crippen LogP contribution >= 0.6 is 23.6 Å². The Labute approximate surface area is 122 Å². The fourth-order valence-corrected chi connectivity index (χ4v) is 3.43. The number of carbonyl (C=O) groups is 1. The highest BCUT2D eigenvalue weighted by atomic mass is 32.1. The predicted octanol–water partition coefficient (Wildman–Crippen LogP) is 2.42. The van der Waals surface area contributed by atoms with E-state index < -0.39 is 5.54 Å². The molecule has 0 unspecified atom stereocenters. The van der Waals surface area contributed by atoms with E-state index in [1.165, 1.54) is 11.3 Å². The molecule has 0 atom stereocenters. The minimum atomic E-state index is -0.518. The van der Waals surface area contributed by atoms with E-state index >= 15 is 0 Å². The van der Waals surface area contributed by atoms with Crippen LogP contribution in [-0.4, -0.2) is 21.4 Å². The summed E-state index contributed by atoms with van der Waals surface area (Å²) in [6, 6.07) is 0. The molecule has 1 amide bonds. The van der Waals surface area contributed by atoms with Crippen LogP contribution in [0, 0.1) is 12.8 Å². The van der Waals surface area contributed by atoms with Crippen LogP contribution in [0.25, 0.3) is 0 Å². The van der Waals surface area contributed by atoms with Crippen molar-refractivity contribution in [2.24, 2.45) is 11.7 Å². The van der Waals surface area contributed by atoms with Gasteiger partial charge in [-0.2, -0.15) is 0 Å². The average molecular weight is 297 g/mol. The molecule has 1 aromatic rings. The third kappa shape index (κ3) is 2.95. The van der Waals surface area contributed by atoms with E-state index in [1.54, 1.807) is 5.51 Å². The minimum absolute atomic E-state index is 0.109. The number of aromatic nitrogens is 1. The van der Waals surface area contributed by atoms with Gasteiger partial charge in [-0.1, -0.05) is 19.1 Å². The number of nitrogens with zero attached hydrogens (tertiary/aromatic N) is 1. The van der Waals surface area contributed by atoms with Crippen molar-refractivity contribution in [3.05, 3.63) is 16.1 Å². The van der Waals surface area contributed by atoms with Gasteiger partial charge in [0, 0.05) is 0 Å². The van der Waals surface area contributed by atoms with Gasteiger partial charge < -0.3 is 11.1 Å². The number of amides is 1. The number of carbonyl (C=O) groups excluding carboxylic acids is 1. The molecule has 4 nitrogen and oxygen atoms in total. The van der Waals surface area contributed by atoms with Crippen molar-refractivity contribution in [2.75, 3.05) is 0 Å². The number of hydrogen-bond acceptors (Lipinski definition) is 4. The molecular weight excluding hydrogens is 278 g/mol. The molecule has 0 radical (unpaired) electrons. The lowest BCUT2D eigenvalue weighted by Crippen LogP contribution is -2.58. The van der Waals surface area contributed by atoms with Crippen LogP contribution in [0.2, 0.25) is 0 Å². The second kappa shape index (κ2) is 5.54. The fraction of sp³-hybridized carbons (Fsp3) is 0.615. The van der Waals surface area contributed by atoms with Gasteiger partial charge in [-0.3, -0.25) is 4.79 Å². The number of hydrogen-bond donors (Lipinski definition) is 2. The standard InChI is InChI=1S/C13H19N3OS2/c1-8-3-5-13(6-4-8,12(14)18)16-11(17)10-9(2)15-7-19-10/h7-8H,3-6H2,1-2H3,(H2,14,18)(H,16,17). The zero-order valence-corrected chi connectivity index (χ0v) is 12.9. The summed E-state index contributed by atoms with van der Waals surface area (Å²) in [4.78, 5) is 17.5. The quantitative estimate of drug-likeness (QED) is 0.841. The highest BCUT2D eigenvalue weighted by molar-refractivity contribution is 7.80. The summed E-state index contributed by atoms with van der Waals surface area (Å²) < 4.78 is 0. The lowest BCUT2D eigenvalue weighted by Gasteiger charge is -2.39. The first-order valence-corrected chi connectivity index (χ1v) is 7.76. The van der Waals surface area contributed by atoms with Gasteiger partial charge in [0.2, 0.25) is 0 Å². The maximum atomic E-state index is 12.3. The normalized spacial score (nSPS) is 26.9. The summed E-state index contributed by atoms with van der Waals surface area (Å²) in [7, 11) is 0. The van der Waals surface area contributed by atoms with E-state index in [-0.39, 0.29) is 5.91 Å². The molecule has 1 aromatic heterocycles. The third-order valence-electron chi connectivity index (χ3n) is 3.90. The Morgan fingerprint density at radius 2 is 2.21 bits per heavy atom. The van der Waals surface area contributed by atoms with Crippen molar-refractivity contribution in [1.29, 1.82) is 0 Å². The fourth-order valence-electron chi connectivity index (χ4n) is 2.48. The number of thiocarbonyl (C=S) groups is 1. The molecule has 0 spiro atoms. The van der Waals surface area contributed by atoms with Crippen LogP contribution in [0.5, 0.6) is 0 Å². The van der Waals surface area contributed by atoms with E-state index in [0.29, 0.717) is 15.8 Å². The zero-order chi connectivity index (χ0) is 14.0. The summed E-state index contributed by atoms with van der Waals surface area (Å²) in [5, 5.41) is 3.06. The van der Waals surface area contributed by atoms with Gasteiger partial charge in [-0.05, 0) is 38.5 Å². The second-order valence-corrected chi connectivity index (χ2v) is 6.64. The van der Waals surface area contributed by atoms with Gasteiger partial charge in [-0.15, -0.1) is 11.3 Å². The van der Waals surface area contributed by atoms with Crippen LogP contribution in [-0.2, 0) is 0 Å². The molecule has 1 aliphatic carbocycles. The van der Waals surface area contributed by atoms with Crippen molar-refractivity contribution in [1.82, 2.24) is 10.3 Å². The third-order valence-corrected chi connectivity index (χ3v) is 5.22. The Balaban J connectivity index is 2.16. The maximum absolute atomic E-state index is 12.3. The summed E-state index contributed by atoms with van der Waals surface area (Å²) in [6.45, 7) is 4.06. The van der Waals surface area contributed by atoms with Gasteiger partial charge >= 0.3 is 0 Å². The van der Waals surface area contributed by atoms with Gasteiger partial charge in [-0.25, -0.2) is 4.98 Å². The molecule has 3 N–H and O–H groups in total. The van der Waals surface area contributed by atoms with Crippen LogP contribution in [0.4, 0.5) is 0 Å². The summed E-state index contributed by atoms with van der Waals surface area (Å²) in [5.74, 6) is 0.562. The molecule has 0 bridgehead atoms. The molecule has 1 saturated carbocycles. The minimum Gasteiger partial charge on any atom is -0.391 e. The second-order valence-electron chi connectivity index (χ2n) is 5.35. The van der Waals surface area contributed by atoms with Crippen LogP contribution < -0.4 is 11.1 Å². The molecule has 1 aliphatic rings. The monoisotopic (exact) mass is 297 g/mol. The number of aryl methyl sites for hydroxylation is 1. The van der Waals surface area contributed by atoms with Gasteiger partial charge in [0.15, 0.2) is 0 Å². The Hall–Kier alpha value is -1.01. The Morgan fingerprint density at radius 1 is 1.58 bits per heavy atom. The number of rotatable bonds is 3. The predicted molar refractivity (Wildman–Crippen MR) is 81.5 cm³/mol. The largest absolute Gasteiger partial charge is 0.391 e. The average Bonchev–Trinajstić information content (AvgIpc) is 2.78. The van der Waals surface area contributed by atoms with Crippen molar-refractivity contribution < 1.29 is 4.79 Å². The molecule has 1 heterocycles. The van der Waals surface area contributed by atoms with Crippen LogP contribution in [0.1, 0.15) is 48.0 Å². The zero-order valence-electron chi connectivity index (χ0n) is 11.2. The number of thiazole rings is 1. The first-order chi connectivity index (χ1) is 8.94. The Kier molecular flexibility index (Phi) is 4.20. The molecule has 6 heteroatoms. The first kappa shape index (κ1) is 14.4. The van der Waals surface area contributed by atoms with Crippen molar-refractivity contribution in [3.8, 4) is 0 Å². The van der Waals surface area contributed by atoms with Crippen molar-refractivity contribution >= 4 is 34.5 Å². The van der Waals surface area contributed by atoms with Crippen molar-refractivity contribution in [3.63, 3.8) is 0 Å². The molecule has 104 valence electrons. The lowest BCUT2D eigenvalue weighted by atomic mass is 9.77. The van der Waals surface area contributed by atoms with Crippen LogP contribution in [0.15, 0.2) is 5.51 Å². The summed E-state index contributed by atoms with van der Waals surface area (Å²) >= 11 is 6.55. The topological polar surface area (TPSA) is 68.0 Å². The van der Waals surface area contributed by atoms with Crippen LogP contribution in [0.3, 0.4) is 0 Å². The molecule has 0 aliphatic heterocycles. The molecule has 2 rings (SSSR count). The maximum Gasteiger partial charge on any atom is 0.264 e. The van der Waals surface area contributed by atoms with Crippen molar-refractivity contribution in [2.45, 2.75) is 45.1 Å². The van der Waals surface area contributed by atoms with E-state index in [2.05, 4.69) is 17.2 Å². The lowest BCUT2D eigenvalue weighted by molar-refractivity contribution is 0.0904. The van der Waals surface area contributed by atoms with E-state index in [4.69, 9.17) is 18.0 Å². The summed E-state index contributed by atoms with van der Waals surface area (Å²) in [5.41, 5.74) is 7.81. The number of nitrogens with one attached hydrogen (secondary N) is 1. The molecule has 19 heavy (non-hydrogen) atoms. The highest BCUT2D eigenvalue weighted by Gasteiger charge is 2.38. The molecule has 1 fully saturated rings. The summed E-state index contributed by atoms with van der Waals surface area (Å²) in [6.07, 6.45) is 3.73. The molecule has 0 saturated heterocycles. The number of nitrogens with two attached hydrogens (primary N) is 1. The van der Waals surface area contributed by atoms with Gasteiger partial charge in [0.25, 0.3) is 5.91 Å². The Bertz CT molecular complexity index is 490. The smallest absolute Gasteiger partial charge is 0.264 e. The SMILES string of the molecule is Cc1ncsc1C(=O)NC1(C(N)=S)CCC(C)CC1. The van der Waals surface area contributed by atoms with E-state index in [9.17, 15) is 4.79 Å².